The van der Waals surface area contributed by atoms with Gasteiger partial charge < -0.3 is 15.0 Å². The van der Waals surface area contributed by atoms with Crippen LogP contribution in [-0.2, 0) is 11.2 Å². The van der Waals surface area contributed by atoms with Crippen LogP contribution in [0.3, 0.4) is 0 Å². The highest BCUT2D eigenvalue weighted by Gasteiger charge is 2.25. The Balaban J connectivity index is 1.76. The van der Waals surface area contributed by atoms with Crippen molar-refractivity contribution in [3.05, 3.63) is 35.6 Å². The summed E-state index contributed by atoms with van der Waals surface area (Å²) in [6.07, 6.45) is 0.838. The summed E-state index contributed by atoms with van der Waals surface area (Å²) in [5.74, 6) is -0.242. The van der Waals surface area contributed by atoms with Crippen LogP contribution in [0.15, 0.2) is 24.3 Å². The molecule has 1 aromatic carbocycles. The number of hydrogen-bond acceptors (Lipinski definition) is 2. The van der Waals surface area contributed by atoms with E-state index in [2.05, 4.69) is 5.32 Å². The zero-order valence-electron chi connectivity index (χ0n) is 11.9. The zero-order chi connectivity index (χ0) is 14.5. The minimum Gasteiger partial charge on any atom is -0.372 e. The number of hydrogen-bond donors (Lipinski definition) is 1. The highest BCUT2D eigenvalue weighted by atomic mass is 19.1. The van der Waals surface area contributed by atoms with Gasteiger partial charge in [0.1, 0.15) is 5.82 Å². The first-order valence-corrected chi connectivity index (χ1v) is 6.97. The molecule has 110 valence electrons. The number of carbonyl (C=O) groups excluding carboxylic acids is 1. The van der Waals surface area contributed by atoms with Gasteiger partial charge >= 0.3 is 6.03 Å². The Morgan fingerprint density at radius 1 is 1.30 bits per heavy atom. The second kappa shape index (κ2) is 6.70. The Morgan fingerprint density at radius 3 is 2.50 bits per heavy atom. The van der Waals surface area contributed by atoms with E-state index in [1.807, 2.05) is 13.8 Å². The van der Waals surface area contributed by atoms with Crippen molar-refractivity contribution in [2.24, 2.45) is 0 Å². The summed E-state index contributed by atoms with van der Waals surface area (Å²) in [6, 6.07) is 6.28. The van der Waals surface area contributed by atoms with E-state index in [-0.39, 0.29) is 24.1 Å². The van der Waals surface area contributed by atoms with Crippen molar-refractivity contribution in [3.63, 3.8) is 0 Å². The van der Waals surface area contributed by atoms with Gasteiger partial charge in [0, 0.05) is 19.6 Å². The first-order chi connectivity index (χ1) is 9.54. The molecular formula is C15H21FN2O2. The molecule has 0 saturated carbocycles. The smallest absolute Gasteiger partial charge is 0.317 e. The van der Waals surface area contributed by atoms with Crippen LogP contribution in [0.25, 0.3) is 0 Å². The molecular weight excluding hydrogens is 259 g/mol. The number of amides is 2. The molecule has 1 heterocycles. The van der Waals surface area contributed by atoms with Crippen molar-refractivity contribution < 1.29 is 13.9 Å². The number of nitrogens with one attached hydrogen (secondary N) is 1. The molecule has 0 aliphatic carbocycles. The molecule has 1 aliphatic rings. The lowest BCUT2D eigenvalue weighted by molar-refractivity contribution is -0.0544. The van der Waals surface area contributed by atoms with E-state index in [0.717, 1.165) is 5.56 Å². The number of rotatable bonds is 3. The van der Waals surface area contributed by atoms with Crippen molar-refractivity contribution in [3.8, 4) is 0 Å². The van der Waals surface area contributed by atoms with Gasteiger partial charge in [-0.15, -0.1) is 0 Å². The molecule has 1 fully saturated rings. The molecule has 1 N–H and O–H groups in total. The molecule has 0 spiro atoms. The minimum absolute atomic E-state index is 0.0610. The van der Waals surface area contributed by atoms with Gasteiger partial charge in [0.2, 0.25) is 0 Å². The third kappa shape index (κ3) is 4.20. The van der Waals surface area contributed by atoms with Gasteiger partial charge in [-0.25, -0.2) is 9.18 Å². The normalized spacial score (nSPS) is 22.6. The van der Waals surface area contributed by atoms with Crippen molar-refractivity contribution in [2.75, 3.05) is 19.6 Å². The Morgan fingerprint density at radius 2 is 1.90 bits per heavy atom. The van der Waals surface area contributed by atoms with E-state index in [0.29, 0.717) is 26.1 Å². The Bertz CT molecular complexity index is 440. The second-order valence-electron chi connectivity index (χ2n) is 5.27. The molecule has 2 amide bonds. The topological polar surface area (TPSA) is 41.6 Å². The van der Waals surface area contributed by atoms with E-state index in [1.54, 1.807) is 17.0 Å². The van der Waals surface area contributed by atoms with E-state index in [1.165, 1.54) is 12.1 Å². The highest BCUT2D eigenvalue weighted by molar-refractivity contribution is 5.74. The highest BCUT2D eigenvalue weighted by Crippen LogP contribution is 2.10. The molecule has 1 aliphatic heterocycles. The fraction of sp³-hybridized carbons (Fsp3) is 0.533. The Labute approximate surface area is 118 Å². The van der Waals surface area contributed by atoms with E-state index in [9.17, 15) is 9.18 Å². The molecule has 5 heteroatoms. The second-order valence-corrected chi connectivity index (χ2v) is 5.27. The standard InChI is InChI=1S/C15H21FN2O2/c1-11-9-18(10-12(2)20-11)15(19)17-8-7-13-3-5-14(16)6-4-13/h3-6,11-12H,7-10H2,1-2H3,(H,17,19). The van der Waals surface area contributed by atoms with Crippen molar-refractivity contribution >= 4 is 6.03 Å². The molecule has 0 bridgehead atoms. The minimum atomic E-state index is -0.242. The SMILES string of the molecule is CC1CN(C(=O)NCCc2ccc(F)cc2)CC(C)O1. The molecule has 2 unspecified atom stereocenters. The van der Waals surface area contributed by atoms with Crippen molar-refractivity contribution in [1.29, 1.82) is 0 Å². The van der Waals surface area contributed by atoms with Gasteiger partial charge in [-0.1, -0.05) is 12.1 Å². The fourth-order valence-electron chi connectivity index (χ4n) is 2.42. The van der Waals surface area contributed by atoms with Gasteiger partial charge in [0.15, 0.2) is 0 Å². The van der Waals surface area contributed by atoms with E-state index in [4.69, 9.17) is 4.74 Å². The lowest BCUT2D eigenvalue weighted by atomic mass is 10.1. The summed E-state index contributed by atoms with van der Waals surface area (Å²) < 4.78 is 18.4. The summed E-state index contributed by atoms with van der Waals surface area (Å²) >= 11 is 0. The van der Waals surface area contributed by atoms with Gasteiger partial charge in [-0.2, -0.15) is 0 Å². The van der Waals surface area contributed by atoms with Crippen LogP contribution in [0.1, 0.15) is 19.4 Å². The van der Waals surface area contributed by atoms with Gasteiger partial charge in [0.05, 0.1) is 12.2 Å². The third-order valence-corrected chi connectivity index (χ3v) is 3.31. The van der Waals surface area contributed by atoms with Crippen LogP contribution < -0.4 is 5.32 Å². The molecule has 2 rings (SSSR count). The predicted octanol–water partition coefficient (Wildman–Crippen LogP) is 2.19. The van der Waals surface area contributed by atoms with Gasteiger partial charge in [-0.3, -0.25) is 0 Å². The molecule has 2 atom stereocenters. The lowest BCUT2D eigenvalue weighted by Gasteiger charge is -2.35. The summed E-state index contributed by atoms with van der Waals surface area (Å²) in [6.45, 7) is 5.72. The number of urea groups is 1. The largest absolute Gasteiger partial charge is 0.372 e. The number of morpholine rings is 1. The molecule has 1 saturated heterocycles. The maximum atomic E-state index is 12.8. The van der Waals surface area contributed by atoms with Crippen LogP contribution >= 0.6 is 0 Å². The predicted molar refractivity (Wildman–Crippen MR) is 75.1 cm³/mol. The average Bonchev–Trinajstić information content (AvgIpc) is 2.40. The van der Waals surface area contributed by atoms with E-state index < -0.39 is 0 Å². The molecule has 0 aromatic heterocycles. The molecule has 0 radical (unpaired) electrons. The molecule has 4 nitrogen and oxygen atoms in total. The summed E-state index contributed by atoms with van der Waals surface area (Å²) in [5, 5.41) is 2.89. The number of benzene rings is 1. The monoisotopic (exact) mass is 280 g/mol. The van der Waals surface area contributed by atoms with Crippen LogP contribution in [-0.4, -0.2) is 42.8 Å². The quantitative estimate of drug-likeness (QED) is 0.922. The summed E-state index contributed by atoms with van der Waals surface area (Å²) in [7, 11) is 0. The first-order valence-electron chi connectivity index (χ1n) is 6.97. The van der Waals surface area contributed by atoms with Crippen LogP contribution in [0.5, 0.6) is 0 Å². The Hall–Kier alpha value is -1.62. The zero-order valence-corrected chi connectivity index (χ0v) is 11.9. The lowest BCUT2D eigenvalue weighted by Crippen LogP contribution is -2.51. The van der Waals surface area contributed by atoms with Gasteiger partial charge in [0.25, 0.3) is 0 Å². The number of nitrogens with zero attached hydrogens (tertiary/aromatic N) is 1. The number of ether oxygens (including phenoxy) is 1. The first kappa shape index (κ1) is 14.8. The third-order valence-electron chi connectivity index (χ3n) is 3.31. The molecule has 20 heavy (non-hydrogen) atoms. The maximum absolute atomic E-state index is 12.8. The van der Waals surface area contributed by atoms with Crippen LogP contribution in [0.4, 0.5) is 9.18 Å². The average molecular weight is 280 g/mol. The van der Waals surface area contributed by atoms with E-state index >= 15 is 0 Å². The maximum Gasteiger partial charge on any atom is 0.317 e. The summed E-state index contributed by atoms with van der Waals surface area (Å²) in [5.41, 5.74) is 1.01. The van der Waals surface area contributed by atoms with Crippen molar-refractivity contribution in [2.45, 2.75) is 32.5 Å². The Kier molecular flexibility index (Phi) is 4.95. The molecule has 1 aromatic rings. The number of halogens is 1. The van der Waals surface area contributed by atoms with Gasteiger partial charge in [-0.05, 0) is 38.0 Å². The van der Waals surface area contributed by atoms with Crippen molar-refractivity contribution in [1.82, 2.24) is 10.2 Å². The van der Waals surface area contributed by atoms with Crippen LogP contribution in [0.2, 0.25) is 0 Å². The number of carbonyl (C=O) groups is 1. The summed E-state index contributed by atoms with van der Waals surface area (Å²) in [4.78, 5) is 13.8. The fourth-order valence-corrected chi connectivity index (χ4v) is 2.42. The van der Waals surface area contributed by atoms with Crippen LogP contribution in [0, 0.1) is 5.82 Å².